The maximum absolute atomic E-state index is 13.9. The van der Waals surface area contributed by atoms with Gasteiger partial charge < -0.3 is 0 Å². The molecule has 5 heteroatoms. The Hall–Kier alpha value is -0.280. The molecular weight excluding hydrogens is 361 g/mol. The van der Waals surface area contributed by atoms with Crippen molar-refractivity contribution in [2.24, 2.45) is 0 Å². The summed E-state index contributed by atoms with van der Waals surface area (Å²) < 4.78 is 13.9. The van der Waals surface area contributed by atoms with Crippen LogP contribution in [-0.4, -0.2) is 0 Å². The molecule has 2 aromatic carbocycles. The highest BCUT2D eigenvalue weighted by Gasteiger charge is 2.19. The molecule has 0 fully saturated rings. The Balaban J connectivity index is 2.51. The van der Waals surface area contributed by atoms with E-state index in [-0.39, 0.29) is 5.02 Å². The molecule has 18 heavy (non-hydrogen) atoms. The van der Waals surface area contributed by atoms with Crippen molar-refractivity contribution in [1.82, 2.24) is 0 Å². The summed E-state index contributed by atoms with van der Waals surface area (Å²) in [6.07, 6.45) is 0. The first-order valence-corrected chi connectivity index (χ1v) is 7.08. The second-order valence-electron chi connectivity index (χ2n) is 3.67. The van der Waals surface area contributed by atoms with Gasteiger partial charge in [-0.25, -0.2) is 4.39 Å². The number of hydrogen-bond acceptors (Lipinski definition) is 0. The molecule has 2 aromatic rings. The SMILES string of the molecule is Fc1c(Cl)cccc1C(Br)c1cc(Cl)ccc1Cl. The maximum atomic E-state index is 13.9. The van der Waals surface area contributed by atoms with Gasteiger partial charge in [-0.2, -0.15) is 0 Å². The number of alkyl halides is 1. The molecule has 2 rings (SSSR count). The molecule has 0 nitrogen and oxygen atoms in total. The minimum atomic E-state index is -0.461. The van der Waals surface area contributed by atoms with Crippen LogP contribution in [0.15, 0.2) is 36.4 Å². The van der Waals surface area contributed by atoms with E-state index in [1.54, 1.807) is 30.3 Å². The fourth-order valence-electron chi connectivity index (χ4n) is 1.59. The largest absolute Gasteiger partial charge is 0.205 e. The van der Waals surface area contributed by atoms with Crippen molar-refractivity contribution < 1.29 is 4.39 Å². The summed E-state index contributed by atoms with van der Waals surface area (Å²) in [7, 11) is 0. The Morgan fingerprint density at radius 2 is 1.67 bits per heavy atom. The van der Waals surface area contributed by atoms with Crippen molar-refractivity contribution in [1.29, 1.82) is 0 Å². The third kappa shape index (κ3) is 2.83. The van der Waals surface area contributed by atoms with Gasteiger partial charge in [0.05, 0.1) is 9.85 Å². The van der Waals surface area contributed by atoms with E-state index in [1.807, 2.05) is 0 Å². The molecule has 0 aliphatic carbocycles. The van der Waals surface area contributed by atoms with Crippen molar-refractivity contribution in [2.45, 2.75) is 4.83 Å². The molecule has 0 aliphatic heterocycles. The smallest absolute Gasteiger partial charge is 0.146 e. The van der Waals surface area contributed by atoms with Crippen molar-refractivity contribution in [3.63, 3.8) is 0 Å². The lowest BCUT2D eigenvalue weighted by Crippen LogP contribution is -1.98. The Morgan fingerprint density at radius 1 is 0.944 bits per heavy atom. The Kier molecular flexibility index (Phi) is 4.54. The predicted molar refractivity (Wildman–Crippen MR) is 78.6 cm³/mol. The Bertz CT molecular complexity index is 584. The molecule has 0 bridgehead atoms. The fourth-order valence-corrected chi connectivity index (χ4v) is 3.05. The lowest BCUT2D eigenvalue weighted by molar-refractivity contribution is 0.614. The van der Waals surface area contributed by atoms with Gasteiger partial charge in [-0.3, -0.25) is 0 Å². The third-order valence-electron chi connectivity index (χ3n) is 2.49. The van der Waals surface area contributed by atoms with E-state index in [0.29, 0.717) is 21.2 Å². The van der Waals surface area contributed by atoms with Gasteiger partial charge in [-0.15, -0.1) is 0 Å². The molecule has 94 valence electrons. The van der Waals surface area contributed by atoms with Crippen LogP contribution in [0, 0.1) is 5.82 Å². The summed E-state index contributed by atoms with van der Waals surface area (Å²) >= 11 is 21.2. The highest BCUT2D eigenvalue weighted by atomic mass is 79.9. The van der Waals surface area contributed by atoms with Crippen LogP contribution in [0.2, 0.25) is 15.1 Å². The first-order chi connectivity index (χ1) is 8.50. The molecule has 0 saturated carbocycles. The molecule has 1 unspecified atom stereocenters. The summed E-state index contributed by atoms with van der Waals surface area (Å²) in [5.74, 6) is -0.461. The summed E-state index contributed by atoms with van der Waals surface area (Å²) in [5.41, 5.74) is 1.12. The second kappa shape index (κ2) is 5.79. The Labute approximate surface area is 128 Å². The van der Waals surface area contributed by atoms with Gasteiger partial charge in [0, 0.05) is 15.6 Å². The van der Waals surface area contributed by atoms with E-state index >= 15 is 0 Å². The van der Waals surface area contributed by atoms with Crippen LogP contribution >= 0.6 is 50.7 Å². The second-order valence-corrected chi connectivity index (χ2v) is 5.84. The summed E-state index contributed by atoms with van der Waals surface area (Å²) in [6, 6.07) is 9.89. The van der Waals surface area contributed by atoms with Gasteiger partial charge in [0.25, 0.3) is 0 Å². The molecule has 1 atom stereocenters. The zero-order valence-electron chi connectivity index (χ0n) is 8.93. The summed E-state index contributed by atoms with van der Waals surface area (Å²) in [5, 5.41) is 1.14. The average Bonchev–Trinajstić information content (AvgIpc) is 2.35. The number of hydrogen-bond donors (Lipinski definition) is 0. The van der Waals surface area contributed by atoms with Gasteiger partial charge in [0.1, 0.15) is 5.82 Å². The van der Waals surface area contributed by atoms with Crippen molar-refractivity contribution in [3.05, 3.63) is 68.4 Å². The molecule has 0 N–H and O–H groups in total. The van der Waals surface area contributed by atoms with Crippen LogP contribution in [0.1, 0.15) is 16.0 Å². The van der Waals surface area contributed by atoms with Crippen LogP contribution in [0.5, 0.6) is 0 Å². The number of halogens is 5. The van der Waals surface area contributed by atoms with Gasteiger partial charge in [0.2, 0.25) is 0 Å². The van der Waals surface area contributed by atoms with Crippen molar-refractivity contribution >= 4 is 50.7 Å². The van der Waals surface area contributed by atoms with Gasteiger partial charge >= 0.3 is 0 Å². The normalized spacial score (nSPS) is 12.5. The first kappa shape index (κ1) is 14.1. The van der Waals surface area contributed by atoms with Gasteiger partial charge in [-0.1, -0.05) is 62.9 Å². The maximum Gasteiger partial charge on any atom is 0.146 e. The zero-order valence-corrected chi connectivity index (χ0v) is 12.8. The molecule has 0 amide bonds. The monoisotopic (exact) mass is 366 g/mol. The van der Waals surface area contributed by atoms with E-state index in [1.165, 1.54) is 6.07 Å². The third-order valence-corrected chi connectivity index (χ3v) is 4.34. The zero-order chi connectivity index (χ0) is 13.3. The fraction of sp³-hybridized carbons (Fsp3) is 0.0769. The van der Waals surface area contributed by atoms with Crippen molar-refractivity contribution in [3.8, 4) is 0 Å². The van der Waals surface area contributed by atoms with E-state index in [4.69, 9.17) is 34.8 Å². The molecule has 0 spiro atoms. The topological polar surface area (TPSA) is 0 Å². The molecule has 0 radical (unpaired) electrons. The quantitative estimate of drug-likeness (QED) is 0.548. The number of rotatable bonds is 2. The van der Waals surface area contributed by atoms with Crippen LogP contribution in [-0.2, 0) is 0 Å². The van der Waals surface area contributed by atoms with Crippen LogP contribution in [0.3, 0.4) is 0 Å². The van der Waals surface area contributed by atoms with Gasteiger partial charge in [-0.05, 0) is 29.8 Å². The predicted octanol–water partition coefficient (Wildman–Crippen LogP) is 6.27. The lowest BCUT2D eigenvalue weighted by Gasteiger charge is -2.14. The van der Waals surface area contributed by atoms with Crippen molar-refractivity contribution in [2.75, 3.05) is 0 Å². The highest BCUT2D eigenvalue weighted by Crippen LogP contribution is 2.38. The van der Waals surface area contributed by atoms with Crippen LogP contribution in [0.25, 0.3) is 0 Å². The first-order valence-electron chi connectivity index (χ1n) is 5.03. The molecule has 0 aliphatic rings. The molecule has 0 saturated heterocycles. The minimum absolute atomic E-state index is 0.0788. The Morgan fingerprint density at radius 3 is 2.39 bits per heavy atom. The lowest BCUT2D eigenvalue weighted by atomic mass is 10.0. The van der Waals surface area contributed by atoms with E-state index < -0.39 is 10.6 Å². The van der Waals surface area contributed by atoms with E-state index in [0.717, 1.165) is 0 Å². The standard InChI is InChI=1S/C13H7BrCl3F/c14-12(8-2-1-3-11(17)13(8)18)9-6-7(15)4-5-10(9)16/h1-6,12H. The van der Waals surface area contributed by atoms with E-state index in [9.17, 15) is 4.39 Å². The van der Waals surface area contributed by atoms with Crippen LogP contribution < -0.4 is 0 Å². The molecule has 0 aromatic heterocycles. The van der Waals surface area contributed by atoms with Gasteiger partial charge in [0.15, 0.2) is 0 Å². The average molecular weight is 368 g/mol. The molecule has 0 heterocycles. The summed E-state index contributed by atoms with van der Waals surface area (Å²) in [6.45, 7) is 0. The minimum Gasteiger partial charge on any atom is -0.205 e. The number of benzene rings is 2. The van der Waals surface area contributed by atoms with E-state index in [2.05, 4.69) is 15.9 Å². The highest BCUT2D eigenvalue weighted by molar-refractivity contribution is 9.09. The summed E-state index contributed by atoms with van der Waals surface area (Å²) in [4.78, 5) is -0.401. The molecular formula is C13H7BrCl3F. The van der Waals surface area contributed by atoms with Crippen LogP contribution in [0.4, 0.5) is 4.39 Å².